The van der Waals surface area contributed by atoms with E-state index in [1.54, 1.807) is 0 Å². The van der Waals surface area contributed by atoms with Crippen molar-refractivity contribution in [1.29, 1.82) is 0 Å². The van der Waals surface area contributed by atoms with E-state index in [1.807, 2.05) is 23.1 Å². The van der Waals surface area contributed by atoms with Crippen molar-refractivity contribution < 1.29 is 4.79 Å². The fraction of sp³-hybridized carbons (Fsp3) is 0.364. The van der Waals surface area contributed by atoms with Gasteiger partial charge in [-0.2, -0.15) is 12.6 Å². The highest BCUT2D eigenvalue weighted by atomic mass is 127. The van der Waals surface area contributed by atoms with Gasteiger partial charge in [-0.05, 0) is 52.5 Å². The zero-order valence-electron chi connectivity index (χ0n) is 8.49. The molecule has 5 heteroatoms. The number of hydrogen-bond donors (Lipinski definition) is 1. The van der Waals surface area contributed by atoms with Gasteiger partial charge < -0.3 is 4.90 Å². The van der Waals surface area contributed by atoms with E-state index in [0.29, 0.717) is 12.3 Å². The Labute approximate surface area is 119 Å². The number of amides is 1. The average molecular weight is 368 g/mol. The van der Waals surface area contributed by atoms with Crippen LogP contribution in [-0.2, 0) is 4.79 Å². The average Bonchev–Trinajstić information content (AvgIpc) is 2.64. The van der Waals surface area contributed by atoms with E-state index in [9.17, 15) is 4.79 Å². The molecular formula is C11H11ClINOS. The van der Waals surface area contributed by atoms with Gasteiger partial charge in [0.2, 0.25) is 5.91 Å². The quantitative estimate of drug-likeness (QED) is 0.628. The van der Waals surface area contributed by atoms with Crippen molar-refractivity contribution in [2.75, 3.05) is 17.2 Å². The van der Waals surface area contributed by atoms with Crippen LogP contribution in [-0.4, -0.2) is 18.2 Å². The van der Waals surface area contributed by atoms with Crippen LogP contribution in [0.4, 0.5) is 5.69 Å². The molecule has 0 bridgehead atoms. The largest absolute Gasteiger partial charge is 0.312 e. The summed E-state index contributed by atoms with van der Waals surface area (Å²) in [5.41, 5.74) is 0.933. The highest BCUT2D eigenvalue weighted by Crippen LogP contribution is 2.29. The molecule has 2 nitrogen and oxygen atoms in total. The Hall–Kier alpha value is 0.0600. The molecule has 1 aliphatic rings. The van der Waals surface area contributed by atoms with E-state index in [2.05, 4.69) is 35.2 Å². The van der Waals surface area contributed by atoms with Gasteiger partial charge >= 0.3 is 0 Å². The maximum Gasteiger partial charge on any atom is 0.227 e. The van der Waals surface area contributed by atoms with E-state index in [-0.39, 0.29) is 5.91 Å². The molecule has 1 unspecified atom stereocenters. The molecule has 0 N–H and O–H groups in total. The predicted octanol–water partition coefficient (Wildman–Crippen LogP) is 3.23. The SMILES string of the molecule is O=C1CC(CS)CN1c1ccc(Cl)c(I)c1. The maximum atomic E-state index is 11.8. The van der Waals surface area contributed by atoms with Gasteiger partial charge in [-0.3, -0.25) is 4.79 Å². The number of carbonyl (C=O) groups excluding carboxylic acids is 1. The molecule has 0 radical (unpaired) electrons. The molecule has 1 amide bonds. The van der Waals surface area contributed by atoms with E-state index in [0.717, 1.165) is 26.6 Å². The lowest BCUT2D eigenvalue weighted by atomic mass is 10.1. The van der Waals surface area contributed by atoms with Gasteiger partial charge in [-0.1, -0.05) is 11.6 Å². The van der Waals surface area contributed by atoms with Gasteiger partial charge in [0.15, 0.2) is 0 Å². The Morgan fingerprint density at radius 3 is 2.88 bits per heavy atom. The van der Waals surface area contributed by atoms with Crippen molar-refractivity contribution >= 4 is 58.4 Å². The van der Waals surface area contributed by atoms with Crippen LogP contribution in [0.25, 0.3) is 0 Å². The Morgan fingerprint density at radius 1 is 1.56 bits per heavy atom. The molecule has 1 aromatic rings. The number of benzene rings is 1. The highest BCUT2D eigenvalue weighted by molar-refractivity contribution is 14.1. The second-order valence-electron chi connectivity index (χ2n) is 3.86. The molecule has 1 aromatic carbocycles. The second kappa shape index (κ2) is 5.14. The first-order valence-corrected chi connectivity index (χ1v) is 7.07. The summed E-state index contributed by atoms with van der Waals surface area (Å²) < 4.78 is 0.971. The first-order chi connectivity index (χ1) is 7.61. The van der Waals surface area contributed by atoms with Gasteiger partial charge in [-0.25, -0.2) is 0 Å². The van der Waals surface area contributed by atoms with Gasteiger partial charge in [0.05, 0.1) is 5.02 Å². The Morgan fingerprint density at radius 2 is 2.31 bits per heavy atom. The predicted molar refractivity (Wildman–Crippen MR) is 78.5 cm³/mol. The third-order valence-corrected chi connectivity index (χ3v) is 4.74. The molecule has 0 aliphatic carbocycles. The Balaban J connectivity index is 2.24. The number of nitrogens with zero attached hydrogens (tertiary/aromatic N) is 1. The first-order valence-electron chi connectivity index (χ1n) is 4.98. The normalized spacial score (nSPS) is 20.6. The maximum absolute atomic E-state index is 11.8. The number of carbonyl (C=O) groups is 1. The smallest absolute Gasteiger partial charge is 0.227 e. The van der Waals surface area contributed by atoms with Crippen molar-refractivity contribution in [2.24, 2.45) is 5.92 Å². The second-order valence-corrected chi connectivity index (χ2v) is 5.79. The third-order valence-electron chi connectivity index (χ3n) is 2.68. The summed E-state index contributed by atoms with van der Waals surface area (Å²) >= 11 is 12.4. The summed E-state index contributed by atoms with van der Waals surface area (Å²) in [6, 6.07) is 5.67. The molecule has 2 rings (SSSR count). The minimum Gasteiger partial charge on any atom is -0.312 e. The van der Waals surface area contributed by atoms with Gasteiger partial charge in [0.25, 0.3) is 0 Å². The van der Waals surface area contributed by atoms with Crippen LogP contribution >= 0.6 is 46.8 Å². The summed E-state index contributed by atoms with van der Waals surface area (Å²) in [6.07, 6.45) is 0.600. The third kappa shape index (κ3) is 2.49. The fourth-order valence-electron chi connectivity index (χ4n) is 1.81. The van der Waals surface area contributed by atoms with Crippen LogP contribution < -0.4 is 4.90 Å². The van der Waals surface area contributed by atoms with Crippen molar-refractivity contribution in [3.05, 3.63) is 26.8 Å². The molecule has 1 fully saturated rings. The molecule has 86 valence electrons. The summed E-state index contributed by atoms with van der Waals surface area (Å²) in [6.45, 7) is 0.764. The summed E-state index contributed by atoms with van der Waals surface area (Å²) in [4.78, 5) is 13.6. The molecular weight excluding hydrogens is 357 g/mol. The number of thiol groups is 1. The number of anilines is 1. The lowest BCUT2D eigenvalue weighted by molar-refractivity contribution is -0.117. The number of halogens is 2. The zero-order valence-corrected chi connectivity index (χ0v) is 12.3. The van der Waals surface area contributed by atoms with Gasteiger partial charge in [-0.15, -0.1) is 0 Å². The van der Waals surface area contributed by atoms with Crippen molar-refractivity contribution in [1.82, 2.24) is 0 Å². The first kappa shape index (κ1) is 12.5. The molecule has 1 aliphatic heterocycles. The van der Waals surface area contributed by atoms with E-state index in [1.165, 1.54) is 0 Å². The topological polar surface area (TPSA) is 20.3 Å². The number of hydrogen-bond acceptors (Lipinski definition) is 2. The molecule has 0 spiro atoms. The minimum atomic E-state index is 0.178. The van der Waals surface area contributed by atoms with Crippen LogP contribution in [0.5, 0.6) is 0 Å². The molecule has 1 saturated heterocycles. The Kier molecular flexibility index (Phi) is 4.02. The van der Waals surface area contributed by atoms with E-state index < -0.39 is 0 Å². The van der Waals surface area contributed by atoms with Crippen molar-refractivity contribution in [3.8, 4) is 0 Å². The highest BCUT2D eigenvalue weighted by Gasteiger charge is 2.29. The summed E-state index contributed by atoms with van der Waals surface area (Å²) in [5.74, 6) is 1.30. The molecule has 16 heavy (non-hydrogen) atoms. The van der Waals surface area contributed by atoms with Gasteiger partial charge in [0.1, 0.15) is 0 Å². The zero-order chi connectivity index (χ0) is 11.7. The standard InChI is InChI=1S/C11H11ClINOS/c12-9-2-1-8(4-10(9)13)14-5-7(6-16)3-11(14)15/h1-2,4,7,16H,3,5-6H2. The minimum absolute atomic E-state index is 0.178. The van der Waals surface area contributed by atoms with Crippen LogP contribution in [0.2, 0.25) is 5.02 Å². The van der Waals surface area contributed by atoms with Gasteiger partial charge in [0, 0.05) is 22.2 Å². The summed E-state index contributed by atoms with van der Waals surface area (Å²) in [7, 11) is 0. The molecule has 1 atom stereocenters. The van der Waals surface area contributed by atoms with E-state index >= 15 is 0 Å². The molecule has 0 aromatic heterocycles. The molecule has 1 heterocycles. The molecule has 0 saturated carbocycles. The fourth-order valence-corrected chi connectivity index (χ4v) is 2.67. The lowest BCUT2D eigenvalue weighted by Crippen LogP contribution is -2.24. The monoisotopic (exact) mass is 367 g/mol. The van der Waals surface area contributed by atoms with Crippen LogP contribution in [0.3, 0.4) is 0 Å². The summed E-state index contributed by atoms with van der Waals surface area (Å²) in [5, 5.41) is 0.724. The van der Waals surface area contributed by atoms with Crippen LogP contribution in [0, 0.1) is 9.49 Å². The Bertz CT molecular complexity index is 426. The number of rotatable bonds is 2. The van der Waals surface area contributed by atoms with Crippen LogP contribution in [0.15, 0.2) is 18.2 Å². The lowest BCUT2D eigenvalue weighted by Gasteiger charge is -2.17. The van der Waals surface area contributed by atoms with Crippen molar-refractivity contribution in [2.45, 2.75) is 6.42 Å². The van der Waals surface area contributed by atoms with Crippen molar-refractivity contribution in [3.63, 3.8) is 0 Å². The van der Waals surface area contributed by atoms with E-state index in [4.69, 9.17) is 11.6 Å². The van der Waals surface area contributed by atoms with Crippen LogP contribution in [0.1, 0.15) is 6.42 Å².